The quantitative estimate of drug-likeness (QED) is 0.676. The van der Waals surface area contributed by atoms with Gasteiger partial charge in [0, 0.05) is 6.42 Å². The average molecular weight is 367 g/mol. The van der Waals surface area contributed by atoms with E-state index in [1.54, 1.807) is 0 Å². The van der Waals surface area contributed by atoms with Crippen LogP contribution in [0, 0.1) is 31.6 Å². The van der Waals surface area contributed by atoms with Crippen LogP contribution in [0.5, 0.6) is 5.75 Å². The molecule has 0 aromatic heterocycles. The Kier molecular flexibility index (Phi) is 4.51. The second-order valence-corrected chi connectivity index (χ2v) is 8.96. The number of alkyl halides is 1. The molecule has 0 bridgehead atoms. The summed E-state index contributed by atoms with van der Waals surface area (Å²) in [6.07, 6.45) is 0.408. The first-order valence-corrected chi connectivity index (χ1v) is 8.80. The maximum atomic E-state index is 12.6. The molecule has 2 atom stereocenters. The molecule has 0 spiro atoms. The van der Waals surface area contributed by atoms with Crippen LogP contribution in [0.25, 0.3) is 0 Å². The van der Waals surface area contributed by atoms with Gasteiger partial charge in [0.1, 0.15) is 17.6 Å². The summed E-state index contributed by atoms with van der Waals surface area (Å²) < 4.78 is 6.44. The minimum Gasteiger partial charge on any atom is -0.488 e. The molecule has 122 valence electrons. The third kappa shape index (κ3) is 2.97. The highest BCUT2D eigenvalue weighted by atomic mass is 79.9. The zero-order valence-electron chi connectivity index (χ0n) is 14.7. The van der Waals surface area contributed by atoms with Gasteiger partial charge < -0.3 is 4.74 Å². The summed E-state index contributed by atoms with van der Waals surface area (Å²) >= 11 is 3.82. The predicted octanol–water partition coefficient (Wildman–Crippen LogP) is 5.15. The van der Waals surface area contributed by atoms with E-state index in [4.69, 9.17) is 4.74 Å². The molecule has 0 radical (unpaired) electrons. The normalized spacial score (nSPS) is 26.8. The van der Waals surface area contributed by atoms with E-state index in [0.29, 0.717) is 6.42 Å². The molecule has 1 aliphatic carbocycles. The van der Waals surface area contributed by atoms with Crippen molar-refractivity contribution < 1.29 is 9.53 Å². The molecule has 0 heterocycles. The van der Waals surface area contributed by atoms with E-state index in [1.165, 1.54) is 5.56 Å². The Morgan fingerprint density at radius 1 is 1.09 bits per heavy atom. The second kappa shape index (κ2) is 5.67. The first-order chi connectivity index (χ1) is 9.96. The van der Waals surface area contributed by atoms with Crippen LogP contribution in [0.4, 0.5) is 0 Å². The van der Waals surface area contributed by atoms with E-state index in [1.807, 2.05) is 13.8 Å². The van der Waals surface area contributed by atoms with Crippen molar-refractivity contribution in [2.24, 2.45) is 10.8 Å². The summed E-state index contributed by atoms with van der Waals surface area (Å²) in [6.45, 7) is 14.5. The number of ketones is 1. The Balaban J connectivity index is 2.43. The van der Waals surface area contributed by atoms with Gasteiger partial charge in [-0.2, -0.15) is 0 Å². The monoisotopic (exact) mass is 366 g/mol. The predicted molar refractivity (Wildman–Crippen MR) is 95.0 cm³/mol. The summed E-state index contributed by atoms with van der Waals surface area (Å²) in [5.41, 5.74) is 2.89. The number of hydrogen-bond donors (Lipinski definition) is 0. The van der Waals surface area contributed by atoms with E-state index in [-0.39, 0.29) is 22.1 Å². The van der Waals surface area contributed by atoms with Crippen LogP contribution in [0.2, 0.25) is 0 Å². The van der Waals surface area contributed by atoms with Gasteiger partial charge in [0.15, 0.2) is 0 Å². The summed E-state index contributed by atoms with van der Waals surface area (Å²) in [4.78, 5) is 12.7. The zero-order chi connectivity index (χ0) is 16.9. The average Bonchev–Trinajstić information content (AvgIpc) is 2.34. The smallest absolute Gasteiger partial charge is 0.142 e. The lowest BCUT2D eigenvalue weighted by atomic mass is 9.64. The molecule has 0 amide bonds. The number of rotatable bonds is 2. The number of halogens is 1. The molecule has 22 heavy (non-hydrogen) atoms. The van der Waals surface area contributed by atoms with Crippen molar-refractivity contribution in [2.75, 3.05) is 0 Å². The highest BCUT2D eigenvalue weighted by molar-refractivity contribution is 9.09. The third-order valence-corrected chi connectivity index (χ3v) is 6.63. The summed E-state index contributed by atoms with van der Waals surface area (Å²) in [6, 6.07) is 4.27. The summed E-state index contributed by atoms with van der Waals surface area (Å²) in [7, 11) is 0. The summed E-state index contributed by atoms with van der Waals surface area (Å²) in [5.74, 6) is 1.19. The zero-order valence-corrected chi connectivity index (χ0v) is 16.3. The van der Waals surface area contributed by atoms with Crippen LogP contribution in [-0.4, -0.2) is 16.7 Å². The lowest BCUT2D eigenvalue weighted by molar-refractivity contribution is -0.140. The van der Waals surface area contributed by atoms with Crippen LogP contribution in [0.1, 0.15) is 50.8 Å². The number of Topliss-reactive ketones (excluding diaryl/α,β-unsaturated/α-hetero) is 1. The Bertz CT molecular complexity index is 578. The van der Waals surface area contributed by atoms with E-state index in [0.717, 1.165) is 16.9 Å². The lowest BCUT2D eigenvalue weighted by Crippen LogP contribution is -2.57. The lowest BCUT2D eigenvalue weighted by Gasteiger charge is -2.48. The molecule has 1 aromatic rings. The number of carbonyl (C=O) groups is 1. The number of hydrogen-bond acceptors (Lipinski definition) is 2. The van der Waals surface area contributed by atoms with Gasteiger partial charge in [-0.15, -0.1) is 0 Å². The van der Waals surface area contributed by atoms with Crippen molar-refractivity contribution in [3.05, 3.63) is 28.8 Å². The molecule has 3 heteroatoms. The fourth-order valence-corrected chi connectivity index (χ4v) is 4.29. The molecule has 1 aromatic carbocycles. The first-order valence-electron chi connectivity index (χ1n) is 7.88. The topological polar surface area (TPSA) is 26.3 Å². The van der Waals surface area contributed by atoms with Crippen LogP contribution in [0.3, 0.4) is 0 Å². The molecule has 0 N–H and O–H groups in total. The van der Waals surface area contributed by atoms with Crippen LogP contribution >= 0.6 is 15.9 Å². The highest BCUT2D eigenvalue weighted by Crippen LogP contribution is 2.48. The second-order valence-electron chi connectivity index (χ2n) is 7.98. The minimum atomic E-state index is -0.493. The Hall–Kier alpha value is -0.830. The van der Waals surface area contributed by atoms with Crippen molar-refractivity contribution in [1.82, 2.24) is 0 Å². The molecule has 0 unspecified atom stereocenters. The van der Waals surface area contributed by atoms with E-state index < -0.39 is 5.41 Å². The Morgan fingerprint density at radius 2 is 1.59 bits per heavy atom. The van der Waals surface area contributed by atoms with Crippen molar-refractivity contribution in [1.29, 1.82) is 0 Å². The van der Waals surface area contributed by atoms with Gasteiger partial charge in [0.25, 0.3) is 0 Å². The van der Waals surface area contributed by atoms with E-state index in [9.17, 15) is 4.79 Å². The largest absolute Gasteiger partial charge is 0.488 e. The van der Waals surface area contributed by atoms with Crippen molar-refractivity contribution in [3.8, 4) is 5.75 Å². The maximum Gasteiger partial charge on any atom is 0.142 e. The standard InChI is InChI=1S/C19H27BrO2/c1-11-8-12(2)15(13(3)9-11)22-17-16(20)18(4,5)10-14(21)19(17,6)7/h8-9,16-17H,10H2,1-7H3/t16-,17-/m1/s1. The molecular weight excluding hydrogens is 340 g/mol. The van der Waals surface area contributed by atoms with E-state index >= 15 is 0 Å². The van der Waals surface area contributed by atoms with Gasteiger partial charge in [0.05, 0.1) is 10.2 Å². The van der Waals surface area contributed by atoms with Gasteiger partial charge in [-0.1, -0.05) is 47.5 Å². The minimum absolute atomic E-state index is 0.107. The Labute approximate surface area is 142 Å². The molecule has 0 saturated heterocycles. The third-order valence-electron chi connectivity index (χ3n) is 4.91. The van der Waals surface area contributed by atoms with Gasteiger partial charge in [-0.05, 0) is 51.2 Å². The SMILES string of the molecule is Cc1cc(C)c(O[C@@H]2[C@@H](Br)C(C)(C)CC(=O)C2(C)C)c(C)c1. The van der Waals surface area contributed by atoms with Gasteiger partial charge in [0.2, 0.25) is 0 Å². The summed E-state index contributed by atoms with van der Waals surface area (Å²) in [5, 5.41) is 0. The number of ether oxygens (including phenoxy) is 1. The molecule has 2 rings (SSSR count). The number of benzene rings is 1. The molecule has 0 aliphatic heterocycles. The fourth-order valence-electron chi connectivity index (χ4n) is 3.36. The van der Waals surface area contributed by atoms with Crippen LogP contribution in [-0.2, 0) is 4.79 Å². The molecule has 1 fully saturated rings. The number of carbonyl (C=O) groups excluding carboxylic acids is 1. The van der Waals surface area contributed by atoms with Crippen molar-refractivity contribution >= 4 is 21.7 Å². The van der Waals surface area contributed by atoms with Gasteiger partial charge in [-0.25, -0.2) is 0 Å². The molecule has 2 nitrogen and oxygen atoms in total. The van der Waals surface area contributed by atoms with Gasteiger partial charge >= 0.3 is 0 Å². The molecule has 1 aliphatic rings. The highest BCUT2D eigenvalue weighted by Gasteiger charge is 2.53. The fraction of sp³-hybridized carbons (Fsp3) is 0.632. The van der Waals surface area contributed by atoms with Crippen LogP contribution in [0.15, 0.2) is 12.1 Å². The van der Waals surface area contributed by atoms with E-state index in [2.05, 4.69) is 62.7 Å². The van der Waals surface area contributed by atoms with Crippen molar-refractivity contribution in [3.63, 3.8) is 0 Å². The van der Waals surface area contributed by atoms with Crippen LogP contribution < -0.4 is 4.74 Å². The molecule has 1 saturated carbocycles. The first kappa shape index (κ1) is 17.5. The Morgan fingerprint density at radius 3 is 2.09 bits per heavy atom. The van der Waals surface area contributed by atoms with Crippen molar-refractivity contribution in [2.45, 2.75) is 65.8 Å². The van der Waals surface area contributed by atoms with Gasteiger partial charge in [-0.3, -0.25) is 4.79 Å². The maximum absolute atomic E-state index is 12.6. The number of aryl methyl sites for hydroxylation is 3. The molecular formula is C19H27BrO2.